The minimum Gasteiger partial charge on any atom is -0.457 e. The van der Waals surface area contributed by atoms with E-state index in [1.54, 1.807) is 0 Å². The highest BCUT2D eigenvalue weighted by atomic mass is 19.4. The van der Waals surface area contributed by atoms with E-state index in [-0.39, 0.29) is 29.6 Å². The minimum absolute atomic E-state index is 0.184. The molecule has 4 aromatic rings. The molecule has 0 saturated heterocycles. The van der Waals surface area contributed by atoms with Crippen LogP contribution in [0.15, 0.2) is 72.8 Å². The molecule has 0 radical (unpaired) electrons. The van der Waals surface area contributed by atoms with Crippen LogP contribution >= 0.6 is 0 Å². The van der Waals surface area contributed by atoms with Gasteiger partial charge in [0.05, 0.1) is 11.1 Å². The summed E-state index contributed by atoms with van der Waals surface area (Å²) >= 11 is 0. The third-order valence-electron chi connectivity index (χ3n) is 5.92. The van der Waals surface area contributed by atoms with Crippen LogP contribution in [0.2, 0.25) is 0 Å². The van der Waals surface area contributed by atoms with Gasteiger partial charge in [0.15, 0.2) is 0 Å². The zero-order valence-corrected chi connectivity index (χ0v) is 21.4. The molecule has 4 aromatic carbocycles. The monoisotopic (exact) mass is 640 g/mol. The highest BCUT2D eigenvalue weighted by molar-refractivity contribution is 5.74. The van der Waals surface area contributed by atoms with Gasteiger partial charge in [0, 0.05) is 16.9 Å². The van der Waals surface area contributed by atoms with E-state index in [0.717, 1.165) is 36.4 Å². The van der Waals surface area contributed by atoms with Gasteiger partial charge in [-0.2, -0.15) is 52.7 Å². The lowest BCUT2D eigenvalue weighted by atomic mass is 9.98. The molecule has 0 saturated carbocycles. The van der Waals surface area contributed by atoms with Crippen molar-refractivity contribution in [2.24, 2.45) is 0 Å². The molecule has 0 heterocycles. The third-order valence-corrected chi connectivity index (χ3v) is 5.92. The summed E-state index contributed by atoms with van der Waals surface area (Å²) in [6.07, 6.45) is -20.7. The highest BCUT2D eigenvalue weighted by Crippen LogP contribution is 2.46. The average Bonchev–Trinajstić information content (AvgIpc) is 2.89. The molecule has 0 unspecified atom stereocenters. The van der Waals surface area contributed by atoms with Gasteiger partial charge < -0.3 is 20.9 Å². The Morgan fingerprint density at radius 3 is 1.30 bits per heavy atom. The molecular weight excluding hydrogens is 624 g/mol. The van der Waals surface area contributed by atoms with Crippen LogP contribution in [0, 0.1) is 0 Å². The molecule has 4 N–H and O–H groups in total. The fraction of sp³-hybridized carbons (Fsp3) is 0.143. The van der Waals surface area contributed by atoms with Gasteiger partial charge >= 0.3 is 24.7 Å². The van der Waals surface area contributed by atoms with Crippen LogP contribution in [-0.2, 0) is 24.7 Å². The van der Waals surface area contributed by atoms with Crippen molar-refractivity contribution in [1.82, 2.24) is 0 Å². The van der Waals surface area contributed by atoms with Crippen LogP contribution in [0.4, 0.5) is 64.1 Å². The Labute approximate surface area is 239 Å². The van der Waals surface area contributed by atoms with Gasteiger partial charge in [0.25, 0.3) is 0 Å². The molecule has 16 heteroatoms. The van der Waals surface area contributed by atoms with E-state index < -0.39 is 81.1 Å². The number of ether oxygens (including phenoxy) is 2. The van der Waals surface area contributed by atoms with Crippen molar-refractivity contribution in [1.29, 1.82) is 0 Å². The number of anilines is 2. The molecule has 0 bridgehead atoms. The lowest BCUT2D eigenvalue weighted by molar-refractivity contribution is -0.143. The maximum Gasteiger partial charge on any atom is 0.420 e. The number of benzene rings is 4. The second-order valence-electron chi connectivity index (χ2n) is 9.16. The van der Waals surface area contributed by atoms with Gasteiger partial charge in [-0.1, -0.05) is 0 Å². The van der Waals surface area contributed by atoms with Gasteiger partial charge in [-0.15, -0.1) is 0 Å². The molecule has 0 aromatic heterocycles. The van der Waals surface area contributed by atoms with Crippen LogP contribution < -0.4 is 20.9 Å². The summed E-state index contributed by atoms with van der Waals surface area (Å²) in [5.74, 6) is -3.03. The maximum absolute atomic E-state index is 13.7. The second kappa shape index (κ2) is 11.1. The van der Waals surface area contributed by atoms with Crippen molar-refractivity contribution in [2.75, 3.05) is 11.5 Å². The lowest BCUT2D eigenvalue weighted by Gasteiger charge is -2.20. The summed E-state index contributed by atoms with van der Waals surface area (Å²) in [6, 6.07) is 7.37. The van der Waals surface area contributed by atoms with Crippen LogP contribution in [0.25, 0.3) is 11.1 Å². The Hall–Kier alpha value is -4.76. The SMILES string of the molecule is Nc1ccc(Oc2ccc(Oc3ccc(N)cc3C(F)(F)F)c(-c3cc(C(F)(F)F)cc(C(F)(F)F)c3)c2)c(C(F)(F)F)c1. The van der Waals surface area contributed by atoms with Crippen molar-refractivity contribution < 1.29 is 62.2 Å². The van der Waals surface area contributed by atoms with E-state index >= 15 is 0 Å². The quantitative estimate of drug-likeness (QED) is 0.168. The third kappa shape index (κ3) is 7.23. The lowest BCUT2D eigenvalue weighted by Crippen LogP contribution is -2.11. The second-order valence-corrected chi connectivity index (χ2v) is 9.16. The van der Waals surface area contributed by atoms with E-state index in [9.17, 15) is 52.7 Å². The largest absolute Gasteiger partial charge is 0.457 e. The molecule has 0 spiro atoms. The molecule has 4 rings (SSSR count). The van der Waals surface area contributed by atoms with Crippen LogP contribution in [0.5, 0.6) is 23.0 Å². The molecule has 0 amide bonds. The molecule has 0 aliphatic carbocycles. The number of alkyl halides is 12. The Morgan fingerprint density at radius 2 is 0.864 bits per heavy atom. The van der Waals surface area contributed by atoms with Gasteiger partial charge in [0.2, 0.25) is 0 Å². The summed E-state index contributed by atoms with van der Waals surface area (Å²) in [4.78, 5) is 0. The van der Waals surface area contributed by atoms with Crippen molar-refractivity contribution in [3.05, 3.63) is 95.1 Å². The first kappa shape index (κ1) is 32.2. The van der Waals surface area contributed by atoms with Crippen molar-refractivity contribution >= 4 is 11.4 Å². The van der Waals surface area contributed by atoms with Gasteiger partial charge in [0.1, 0.15) is 34.1 Å². The van der Waals surface area contributed by atoms with Crippen molar-refractivity contribution in [3.63, 3.8) is 0 Å². The van der Waals surface area contributed by atoms with Crippen LogP contribution in [0.3, 0.4) is 0 Å². The standard InChI is InChI=1S/C28H16F12N2O2/c29-25(30,31)14-7-13(8-15(9-14)26(32,33)34)19-12-18(43-23-4-1-16(41)10-20(23)27(35,36)37)3-6-22(19)44-24-5-2-17(42)11-21(24)28(38,39)40/h1-12H,41-42H2. The number of hydrogen-bond acceptors (Lipinski definition) is 4. The number of hydrogen-bond donors (Lipinski definition) is 2. The Morgan fingerprint density at radius 1 is 0.432 bits per heavy atom. The number of halogens is 12. The molecule has 0 aliphatic rings. The minimum atomic E-state index is -5.31. The Balaban J connectivity index is 1.95. The highest BCUT2D eigenvalue weighted by Gasteiger charge is 2.39. The van der Waals surface area contributed by atoms with E-state index in [2.05, 4.69) is 0 Å². The first-order valence-corrected chi connectivity index (χ1v) is 11.9. The van der Waals surface area contributed by atoms with E-state index in [4.69, 9.17) is 20.9 Å². The van der Waals surface area contributed by atoms with Gasteiger partial charge in [-0.3, -0.25) is 0 Å². The number of nitrogens with two attached hydrogens (primary N) is 2. The molecule has 4 nitrogen and oxygen atoms in total. The summed E-state index contributed by atoms with van der Waals surface area (Å²) < 4.78 is 174. The van der Waals surface area contributed by atoms with Gasteiger partial charge in [-0.25, -0.2) is 0 Å². The average molecular weight is 640 g/mol. The fourth-order valence-corrected chi connectivity index (χ4v) is 3.96. The summed E-state index contributed by atoms with van der Waals surface area (Å²) in [5, 5.41) is 0. The van der Waals surface area contributed by atoms with E-state index in [1.165, 1.54) is 0 Å². The van der Waals surface area contributed by atoms with E-state index in [0.29, 0.717) is 18.2 Å². The van der Waals surface area contributed by atoms with Crippen molar-refractivity contribution in [3.8, 4) is 34.1 Å². The molecular formula is C28H16F12N2O2. The first-order valence-electron chi connectivity index (χ1n) is 11.9. The Kier molecular flexibility index (Phi) is 8.09. The zero-order chi connectivity index (χ0) is 32.8. The first-order chi connectivity index (χ1) is 20.1. The fourth-order valence-electron chi connectivity index (χ4n) is 3.96. The normalized spacial score (nSPS) is 12.7. The number of nitrogen functional groups attached to an aromatic ring is 2. The zero-order valence-electron chi connectivity index (χ0n) is 21.4. The Bertz CT molecular complexity index is 1660. The topological polar surface area (TPSA) is 70.5 Å². The smallest absolute Gasteiger partial charge is 0.420 e. The summed E-state index contributed by atoms with van der Waals surface area (Å²) in [7, 11) is 0. The van der Waals surface area contributed by atoms with E-state index in [1.807, 2.05) is 0 Å². The predicted molar refractivity (Wildman–Crippen MR) is 134 cm³/mol. The maximum atomic E-state index is 13.7. The molecule has 234 valence electrons. The molecule has 0 atom stereocenters. The summed E-state index contributed by atoms with van der Waals surface area (Å²) in [6.45, 7) is 0. The van der Waals surface area contributed by atoms with Crippen molar-refractivity contribution in [2.45, 2.75) is 24.7 Å². The predicted octanol–water partition coefficient (Wildman–Crippen LogP) is 10.2. The molecule has 0 fully saturated rings. The summed E-state index contributed by atoms with van der Waals surface area (Å²) in [5.41, 5.74) is 2.30. The van der Waals surface area contributed by atoms with Gasteiger partial charge in [-0.05, 0) is 78.4 Å². The van der Waals surface area contributed by atoms with Crippen LogP contribution in [0.1, 0.15) is 22.3 Å². The van der Waals surface area contributed by atoms with Crippen LogP contribution in [-0.4, -0.2) is 0 Å². The number of rotatable bonds is 5. The molecule has 44 heavy (non-hydrogen) atoms. The molecule has 0 aliphatic heterocycles.